The first-order chi connectivity index (χ1) is 12.7. The molecule has 0 saturated carbocycles. The van der Waals surface area contributed by atoms with Crippen LogP contribution in [0.1, 0.15) is 31.2 Å². The summed E-state index contributed by atoms with van der Waals surface area (Å²) < 4.78 is 6.74. The van der Waals surface area contributed by atoms with Gasteiger partial charge < -0.3 is 10.1 Å². The molecule has 3 rings (SSSR count). The van der Waals surface area contributed by atoms with E-state index in [1.165, 1.54) is 5.56 Å². The lowest BCUT2D eigenvalue weighted by atomic mass is 10.1. The van der Waals surface area contributed by atoms with Gasteiger partial charge in [0.05, 0.1) is 7.11 Å². The van der Waals surface area contributed by atoms with Gasteiger partial charge in [-0.15, -0.1) is 15.3 Å². The van der Waals surface area contributed by atoms with E-state index in [0.29, 0.717) is 30.2 Å². The SMILES string of the molecule is COc1ccc2nnc(CCC(=O)N[C@@H](C)CCc3ccccc3)n2n1. The summed E-state index contributed by atoms with van der Waals surface area (Å²) in [5.41, 5.74) is 1.92. The third-order valence-electron chi connectivity index (χ3n) is 4.20. The molecular weight excluding hydrogens is 330 g/mol. The first-order valence-electron chi connectivity index (χ1n) is 8.74. The molecule has 2 aromatic heterocycles. The molecule has 7 heteroatoms. The zero-order chi connectivity index (χ0) is 18.4. The number of carbonyl (C=O) groups excluding carboxylic acids is 1. The van der Waals surface area contributed by atoms with Crippen molar-refractivity contribution in [2.24, 2.45) is 0 Å². The van der Waals surface area contributed by atoms with Crippen LogP contribution < -0.4 is 10.1 Å². The van der Waals surface area contributed by atoms with E-state index in [4.69, 9.17) is 4.74 Å². The van der Waals surface area contributed by atoms with E-state index < -0.39 is 0 Å². The van der Waals surface area contributed by atoms with Gasteiger partial charge in [-0.3, -0.25) is 4.79 Å². The highest BCUT2D eigenvalue weighted by Crippen LogP contribution is 2.10. The van der Waals surface area contributed by atoms with E-state index in [0.717, 1.165) is 12.8 Å². The van der Waals surface area contributed by atoms with Gasteiger partial charge in [-0.2, -0.15) is 4.52 Å². The Kier molecular flexibility index (Phi) is 5.78. The Balaban J connectivity index is 1.49. The van der Waals surface area contributed by atoms with Gasteiger partial charge in [0, 0.05) is 24.9 Å². The average Bonchev–Trinajstić information content (AvgIpc) is 3.07. The van der Waals surface area contributed by atoms with Crippen molar-refractivity contribution in [2.45, 2.75) is 38.6 Å². The number of hydrogen-bond acceptors (Lipinski definition) is 5. The molecule has 0 aliphatic rings. The minimum absolute atomic E-state index is 0.00482. The van der Waals surface area contributed by atoms with Crippen LogP contribution in [-0.2, 0) is 17.6 Å². The first kappa shape index (κ1) is 17.8. The van der Waals surface area contributed by atoms with Crippen LogP contribution in [0, 0.1) is 0 Å². The first-order valence-corrected chi connectivity index (χ1v) is 8.74. The average molecular weight is 353 g/mol. The second-order valence-electron chi connectivity index (χ2n) is 6.25. The number of rotatable bonds is 8. The number of hydrogen-bond donors (Lipinski definition) is 1. The fourth-order valence-electron chi connectivity index (χ4n) is 2.75. The lowest BCUT2D eigenvalue weighted by molar-refractivity contribution is -0.121. The van der Waals surface area contributed by atoms with Crippen molar-refractivity contribution in [2.75, 3.05) is 7.11 Å². The predicted molar refractivity (Wildman–Crippen MR) is 98.0 cm³/mol. The van der Waals surface area contributed by atoms with Gasteiger partial charge in [0.15, 0.2) is 11.5 Å². The summed E-state index contributed by atoms with van der Waals surface area (Å²) >= 11 is 0. The van der Waals surface area contributed by atoms with Gasteiger partial charge in [0.2, 0.25) is 11.8 Å². The number of ether oxygens (including phenoxy) is 1. The normalized spacial score (nSPS) is 12.1. The molecule has 1 aromatic carbocycles. The van der Waals surface area contributed by atoms with E-state index in [9.17, 15) is 4.79 Å². The van der Waals surface area contributed by atoms with Gasteiger partial charge in [-0.05, 0) is 31.4 Å². The fourth-order valence-corrected chi connectivity index (χ4v) is 2.75. The molecule has 26 heavy (non-hydrogen) atoms. The van der Waals surface area contributed by atoms with Crippen LogP contribution in [0.2, 0.25) is 0 Å². The van der Waals surface area contributed by atoms with Crippen LogP contribution in [0.25, 0.3) is 5.65 Å². The molecule has 1 amide bonds. The van der Waals surface area contributed by atoms with E-state index in [2.05, 4.69) is 32.7 Å². The number of aryl methyl sites for hydroxylation is 2. The highest BCUT2D eigenvalue weighted by molar-refractivity contribution is 5.76. The standard InChI is InChI=1S/C19H23N5O2/c1-14(8-9-15-6-4-3-5-7-15)20-18(25)12-10-16-21-22-17-11-13-19(26-2)23-24(16)17/h3-7,11,13-14H,8-10,12H2,1-2H3,(H,20,25)/t14-/m0/s1. The molecule has 0 bridgehead atoms. The molecule has 1 atom stereocenters. The number of fused-ring (bicyclic) bond motifs is 1. The summed E-state index contributed by atoms with van der Waals surface area (Å²) in [7, 11) is 1.56. The molecule has 0 aliphatic carbocycles. The Labute approximate surface area is 152 Å². The molecule has 2 heterocycles. The molecule has 0 unspecified atom stereocenters. The molecule has 3 aromatic rings. The molecule has 0 spiro atoms. The third-order valence-corrected chi connectivity index (χ3v) is 4.20. The van der Waals surface area contributed by atoms with Crippen molar-refractivity contribution in [1.29, 1.82) is 0 Å². The monoisotopic (exact) mass is 353 g/mol. The van der Waals surface area contributed by atoms with E-state index >= 15 is 0 Å². The smallest absolute Gasteiger partial charge is 0.231 e. The highest BCUT2D eigenvalue weighted by Gasteiger charge is 2.12. The van der Waals surface area contributed by atoms with Gasteiger partial charge in [-0.1, -0.05) is 30.3 Å². The number of benzene rings is 1. The molecular formula is C19H23N5O2. The maximum Gasteiger partial charge on any atom is 0.231 e. The van der Waals surface area contributed by atoms with Crippen molar-refractivity contribution < 1.29 is 9.53 Å². The van der Waals surface area contributed by atoms with E-state index in [-0.39, 0.29) is 11.9 Å². The van der Waals surface area contributed by atoms with Crippen LogP contribution >= 0.6 is 0 Å². The highest BCUT2D eigenvalue weighted by atomic mass is 16.5. The number of amides is 1. The van der Waals surface area contributed by atoms with Crippen LogP contribution in [0.5, 0.6) is 5.88 Å². The fraction of sp³-hybridized carbons (Fsp3) is 0.368. The second kappa shape index (κ2) is 8.42. The zero-order valence-electron chi connectivity index (χ0n) is 15.1. The largest absolute Gasteiger partial charge is 0.480 e. The van der Waals surface area contributed by atoms with Crippen molar-refractivity contribution in [3.05, 3.63) is 53.9 Å². The molecule has 0 radical (unpaired) electrons. The lowest BCUT2D eigenvalue weighted by Gasteiger charge is -2.13. The van der Waals surface area contributed by atoms with Crippen LogP contribution in [0.3, 0.4) is 0 Å². The zero-order valence-corrected chi connectivity index (χ0v) is 15.1. The molecule has 0 aliphatic heterocycles. The van der Waals surface area contributed by atoms with Crippen LogP contribution in [0.15, 0.2) is 42.5 Å². The molecule has 0 saturated heterocycles. The topological polar surface area (TPSA) is 81.4 Å². The summed E-state index contributed by atoms with van der Waals surface area (Å²) in [5.74, 6) is 1.13. The number of nitrogens with zero attached hydrogens (tertiary/aromatic N) is 4. The van der Waals surface area contributed by atoms with E-state index in [1.807, 2.05) is 25.1 Å². The number of carbonyl (C=O) groups is 1. The van der Waals surface area contributed by atoms with Gasteiger partial charge in [0.25, 0.3) is 0 Å². The lowest BCUT2D eigenvalue weighted by Crippen LogP contribution is -2.33. The summed E-state index contributed by atoms with van der Waals surface area (Å²) in [6, 6.07) is 13.9. The second-order valence-corrected chi connectivity index (χ2v) is 6.25. The molecule has 136 valence electrons. The number of methoxy groups -OCH3 is 1. The number of aromatic nitrogens is 4. The van der Waals surface area contributed by atoms with Crippen LogP contribution in [0.4, 0.5) is 0 Å². The van der Waals surface area contributed by atoms with Crippen molar-refractivity contribution in [1.82, 2.24) is 25.1 Å². The van der Waals surface area contributed by atoms with E-state index in [1.54, 1.807) is 23.8 Å². The minimum Gasteiger partial charge on any atom is -0.480 e. The quantitative estimate of drug-likeness (QED) is 0.671. The summed E-state index contributed by atoms with van der Waals surface area (Å²) in [6.45, 7) is 2.03. The Bertz CT molecular complexity index is 863. The van der Waals surface area contributed by atoms with Crippen molar-refractivity contribution in [3.63, 3.8) is 0 Å². The molecule has 0 fully saturated rings. The Morgan fingerprint density at radius 3 is 2.73 bits per heavy atom. The summed E-state index contributed by atoms with van der Waals surface area (Å²) in [5, 5.41) is 15.5. The van der Waals surface area contributed by atoms with Crippen molar-refractivity contribution >= 4 is 11.6 Å². The summed E-state index contributed by atoms with van der Waals surface area (Å²) in [4.78, 5) is 12.2. The predicted octanol–water partition coefficient (Wildman–Crippen LogP) is 2.20. The van der Waals surface area contributed by atoms with Crippen molar-refractivity contribution in [3.8, 4) is 5.88 Å². The molecule has 1 N–H and O–H groups in total. The van der Waals surface area contributed by atoms with Gasteiger partial charge in [-0.25, -0.2) is 0 Å². The summed E-state index contributed by atoms with van der Waals surface area (Å²) in [6.07, 6.45) is 2.66. The van der Waals surface area contributed by atoms with Gasteiger partial charge in [0.1, 0.15) is 0 Å². The van der Waals surface area contributed by atoms with Crippen LogP contribution in [-0.4, -0.2) is 38.9 Å². The maximum atomic E-state index is 12.2. The Morgan fingerprint density at radius 2 is 1.96 bits per heavy atom. The van der Waals surface area contributed by atoms with Gasteiger partial charge >= 0.3 is 0 Å². The third kappa shape index (κ3) is 4.56. The number of nitrogens with one attached hydrogen (secondary N) is 1. The maximum absolute atomic E-state index is 12.2. The Morgan fingerprint density at radius 1 is 1.15 bits per heavy atom. The Hall–Kier alpha value is -2.96. The minimum atomic E-state index is 0.00482. The molecule has 7 nitrogen and oxygen atoms in total.